The molecule has 2 aromatic rings. The van der Waals surface area contributed by atoms with Gasteiger partial charge in [-0.1, -0.05) is 20.8 Å². The minimum atomic E-state index is -0.593. The van der Waals surface area contributed by atoms with Gasteiger partial charge in [-0.2, -0.15) is 0 Å². The Morgan fingerprint density at radius 3 is 1.63 bits per heavy atom. The van der Waals surface area contributed by atoms with E-state index in [1.807, 2.05) is 20.8 Å². The Labute approximate surface area is 159 Å². The Bertz CT molecular complexity index is 825. The van der Waals surface area contributed by atoms with E-state index < -0.39 is 11.4 Å². The summed E-state index contributed by atoms with van der Waals surface area (Å²) in [5.74, 6) is 0.804. The summed E-state index contributed by atoms with van der Waals surface area (Å²) in [4.78, 5) is 25.0. The third kappa shape index (κ3) is 5.45. The van der Waals surface area contributed by atoms with E-state index in [0.29, 0.717) is 22.6 Å². The maximum Gasteiger partial charge on any atom is 0.343 e. The molecule has 0 aliphatic heterocycles. The van der Waals surface area contributed by atoms with Gasteiger partial charge in [0.05, 0.1) is 19.8 Å². The summed E-state index contributed by atoms with van der Waals surface area (Å²) in [6.07, 6.45) is 1.36. The largest absolute Gasteiger partial charge is 0.497 e. The third-order valence-electron chi connectivity index (χ3n) is 3.90. The number of hydrogen-bond acceptors (Lipinski definition) is 5. The highest BCUT2D eigenvalue weighted by Crippen LogP contribution is 2.25. The summed E-state index contributed by atoms with van der Waals surface area (Å²) in [7, 11) is 3.12. The number of hydrogen-bond donors (Lipinski definition) is 0. The second kappa shape index (κ2) is 8.54. The zero-order valence-electron chi connectivity index (χ0n) is 16.2. The van der Waals surface area contributed by atoms with E-state index in [0.717, 1.165) is 0 Å². The first kappa shape index (κ1) is 20.2. The van der Waals surface area contributed by atoms with Crippen molar-refractivity contribution in [1.29, 1.82) is 0 Å². The molecule has 2 rings (SSSR count). The van der Waals surface area contributed by atoms with Crippen LogP contribution in [-0.4, -0.2) is 26.0 Å². The molecule has 142 valence electrons. The van der Waals surface area contributed by atoms with Gasteiger partial charge in [-0.15, -0.1) is 0 Å². The van der Waals surface area contributed by atoms with Crippen LogP contribution in [0.15, 0.2) is 54.6 Å². The number of carbonyl (C=O) groups excluding carboxylic acids is 2. The quantitative estimate of drug-likeness (QED) is 0.426. The average molecular weight is 368 g/mol. The molecule has 27 heavy (non-hydrogen) atoms. The first-order chi connectivity index (χ1) is 12.7. The number of esters is 1. The zero-order valence-corrected chi connectivity index (χ0v) is 16.2. The van der Waals surface area contributed by atoms with Crippen molar-refractivity contribution in [2.75, 3.05) is 14.2 Å². The standard InChI is InChI=1S/C22H24O5/c1-22(2,3)20(23)14-19(15-6-10-17(25-4)11-7-15)27-21(24)16-8-12-18(26-5)13-9-16/h6-14H,1-5H3/b19-14-. The SMILES string of the molecule is COc1ccc(C(=O)O/C(=C\C(=O)C(C)(C)C)c2ccc(OC)cc2)cc1. The molecule has 0 aliphatic carbocycles. The van der Waals surface area contributed by atoms with E-state index in [1.165, 1.54) is 6.08 Å². The van der Waals surface area contributed by atoms with Crippen molar-refractivity contribution < 1.29 is 23.8 Å². The molecule has 0 N–H and O–H groups in total. The fourth-order valence-electron chi connectivity index (χ4n) is 2.15. The van der Waals surface area contributed by atoms with Gasteiger partial charge in [-0.05, 0) is 48.5 Å². The van der Waals surface area contributed by atoms with Crippen LogP contribution in [0.3, 0.4) is 0 Å². The van der Waals surface area contributed by atoms with Crippen molar-refractivity contribution in [1.82, 2.24) is 0 Å². The predicted molar refractivity (Wildman–Crippen MR) is 104 cm³/mol. The lowest BCUT2D eigenvalue weighted by Crippen LogP contribution is -2.18. The Balaban J connectivity index is 2.34. The molecule has 0 spiro atoms. The highest BCUT2D eigenvalue weighted by molar-refractivity contribution is 6.01. The average Bonchev–Trinajstić information content (AvgIpc) is 2.66. The van der Waals surface area contributed by atoms with Crippen LogP contribution in [0.4, 0.5) is 0 Å². The summed E-state index contributed by atoms with van der Waals surface area (Å²) < 4.78 is 15.8. The molecule has 0 saturated heterocycles. The van der Waals surface area contributed by atoms with Gasteiger partial charge in [-0.25, -0.2) is 4.79 Å². The molecule has 0 aliphatic rings. The highest BCUT2D eigenvalue weighted by atomic mass is 16.5. The molecule has 0 bridgehead atoms. The molecule has 0 saturated carbocycles. The van der Waals surface area contributed by atoms with E-state index in [1.54, 1.807) is 62.8 Å². The minimum absolute atomic E-state index is 0.143. The van der Waals surface area contributed by atoms with Crippen molar-refractivity contribution in [3.63, 3.8) is 0 Å². The van der Waals surface area contributed by atoms with E-state index in [2.05, 4.69) is 0 Å². The van der Waals surface area contributed by atoms with E-state index in [4.69, 9.17) is 14.2 Å². The monoisotopic (exact) mass is 368 g/mol. The second-order valence-electron chi connectivity index (χ2n) is 6.97. The van der Waals surface area contributed by atoms with E-state index >= 15 is 0 Å². The fourth-order valence-corrected chi connectivity index (χ4v) is 2.15. The predicted octanol–water partition coefficient (Wildman–Crippen LogP) is 4.52. The van der Waals surface area contributed by atoms with Gasteiger partial charge < -0.3 is 14.2 Å². The molecule has 0 radical (unpaired) electrons. The number of ketones is 1. The Hall–Kier alpha value is -3.08. The number of benzene rings is 2. The first-order valence-corrected chi connectivity index (χ1v) is 8.51. The molecule has 0 unspecified atom stereocenters. The molecule has 2 aromatic carbocycles. The molecule has 0 aromatic heterocycles. The molecule has 0 amide bonds. The highest BCUT2D eigenvalue weighted by Gasteiger charge is 2.22. The van der Waals surface area contributed by atoms with Gasteiger partial charge in [0.1, 0.15) is 17.3 Å². The molecule has 0 fully saturated rings. The van der Waals surface area contributed by atoms with Crippen molar-refractivity contribution in [2.24, 2.45) is 5.41 Å². The van der Waals surface area contributed by atoms with Gasteiger partial charge >= 0.3 is 5.97 Å². The van der Waals surface area contributed by atoms with Crippen molar-refractivity contribution >= 4 is 17.5 Å². The van der Waals surface area contributed by atoms with Crippen molar-refractivity contribution in [3.8, 4) is 11.5 Å². The van der Waals surface area contributed by atoms with Crippen LogP contribution >= 0.6 is 0 Å². The number of methoxy groups -OCH3 is 2. The van der Waals surface area contributed by atoms with Gasteiger partial charge in [-0.3, -0.25) is 4.79 Å². The summed E-state index contributed by atoms with van der Waals surface area (Å²) in [5.41, 5.74) is 0.373. The van der Waals surface area contributed by atoms with Crippen LogP contribution in [0, 0.1) is 5.41 Å². The van der Waals surface area contributed by atoms with Crippen LogP contribution in [0.1, 0.15) is 36.7 Å². The second-order valence-corrected chi connectivity index (χ2v) is 6.97. The summed E-state index contributed by atoms with van der Waals surface area (Å²) in [6, 6.07) is 13.5. The number of rotatable bonds is 6. The summed E-state index contributed by atoms with van der Waals surface area (Å²) >= 11 is 0. The Morgan fingerprint density at radius 2 is 1.22 bits per heavy atom. The van der Waals surface area contributed by atoms with Gasteiger partial charge in [0.15, 0.2) is 5.78 Å². The Morgan fingerprint density at radius 1 is 0.778 bits per heavy atom. The van der Waals surface area contributed by atoms with Gasteiger partial charge in [0.2, 0.25) is 0 Å². The van der Waals surface area contributed by atoms with Crippen molar-refractivity contribution in [2.45, 2.75) is 20.8 Å². The van der Waals surface area contributed by atoms with Crippen LogP contribution < -0.4 is 9.47 Å². The maximum absolute atomic E-state index is 12.5. The zero-order chi connectivity index (χ0) is 20.0. The molecule has 5 nitrogen and oxygen atoms in total. The van der Waals surface area contributed by atoms with Crippen LogP contribution in [0.5, 0.6) is 11.5 Å². The lowest BCUT2D eigenvalue weighted by atomic mass is 9.90. The van der Waals surface area contributed by atoms with Crippen molar-refractivity contribution in [3.05, 3.63) is 65.7 Å². The molecule has 0 heterocycles. The van der Waals surface area contributed by atoms with Crippen LogP contribution in [0.2, 0.25) is 0 Å². The Kier molecular flexibility index (Phi) is 6.40. The number of ether oxygens (including phenoxy) is 3. The normalized spacial score (nSPS) is 11.7. The minimum Gasteiger partial charge on any atom is -0.497 e. The van der Waals surface area contributed by atoms with E-state index in [9.17, 15) is 9.59 Å². The molecule has 5 heteroatoms. The number of carbonyl (C=O) groups is 2. The van der Waals surface area contributed by atoms with Crippen LogP contribution in [0.25, 0.3) is 5.76 Å². The smallest absolute Gasteiger partial charge is 0.343 e. The van der Waals surface area contributed by atoms with E-state index in [-0.39, 0.29) is 11.5 Å². The molecular formula is C22H24O5. The first-order valence-electron chi connectivity index (χ1n) is 8.51. The lowest BCUT2D eigenvalue weighted by molar-refractivity contribution is -0.121. The topological polar surface area (TPSA) is 61.8 Å². The fraction of sp³-hybridized carbons (Fsp3) is 0.273. The van der Waals surface area contributed by atoms with Gasteiger partial charge in [0, 0.05) is 17.1 Å². The number of allylic oxidation sites excluding steroid dienone is 1. The third-order valence-corrected chi connectivity index (χ3v) is 3.90. The lowest BCUT2D eigenvalue weighted by Gasteiger charge is -2.16. The van der Waals surface area contributed by atoms with Gasteiger partial charge in [0.25, 0.3) is 0 Å². The van der Waals surface area contributed by atoms with Crippen LogP contribution in [-0.2, 0) is 9.53 Å². The summed E-state index contributed by atoms with van der Waals surface area (Å²) in [6.45, 7) is 5.42. The maximum atomic E-state index is 12.5. The molecular weight excluding hydrogens is 344 g/mol. The summed E-state index contributed by atoms with van der Waals surface area (Å²) in [5, 5.41) is 0. The molecule has 0 atom stereocenters.